The van der Waals surface area contributed by atoms with Gasteiger partial charge in [0, 0.05) is 13.2 Å². The van der Waals surface area contributed by atoms with Crippen LogP contribution in [0.3, 0.4) is 0 Å². The Bertz CT molecular complexity index is 435. The molecule has 20 heavy (non-hydrogen) atoms. The summed E-state index contributed by atoms with van der Waals surface area (Å²) >= 11 is 0. The van der Waals surface area contributed by atoms with Crippen LogP contribution in [-0.2, 0) is 10.8 Å². The lowest BCUT2D eigenvalue weighted by Crippen LogP contribution is -2.27. The maximum Gasteiger partial charge on any atom is 0.186 e. The molecule has 0 fully saturated rings. The van der Waals surface area contributed by atoms with Gasteiger partial charge in [0.15, 0.2) is 20.0 Å². The van der Waals surface area contributed by atoms with Crippen LogP contribution < -0.4 is 0 Å². The second kappa shape index (κ2) is 7.83. The minimum absolute atomic E-state index is 0.260. The van der Waals surface area contributed by atoms with E-state index in [4.69, 9.17) is 4.43 Å². The van der Waals surface area contributed by atoms with Gasteiger partial charge in [-0.15, -0.1) is 0 Å². The maximum atomic E-state index is 13.4. The predicted octanol–water partition coefficient (Wildman–Crippen LogP) is 5.06. The molecular formula is C15H23F3OSi. The first-order valence-corrected chi connectivity index (χ1v) is 10.2. The van der Waals surface area contributed by atoms with Gasteiger partial charge in [0.1, 0.15) is 5.82 Å². The minimum Gasteiger partial charge on any atom is -0.420 e. The highest BCUT2D eigenvalue weighted by Gasteiger charge is 2.19. The van der Waals surface area contributed by atoms with Gasteiger partial charge in [-0.3, -0.25) is 0 Å². The van der Waals surface area contributed by atoms with E-state index >= 15 is 0 Å². The first-order chi connectivity index (χ1) is 9.35. The summed E-state index contributed by atoms with van der Waals surface area (Å²) in [4.78, 5) is 0. The van der Waals surface area contributed by atoms with Gasteiger partial charge < -0.3 is 4.43 Å². The van der Waals surface area contributed by atoms with Crippen molar-refractivity contribution in [1.29, 1.82) is 0 Å². The highest BCUT2D eigenvalue weighted by atomic mass is 28.4. The molecule has 0 saturated heterocycles. The van der Waals surface area contributed by atoms with Gasteiger partial charge in [0.2, 0.25) is 0 Å². The average molecular weight is 304 g/mol. The minimum atomic E-state index is -1.48. The monoisotopic (exact) mass is 304 g/mol. The van der Waals surface area contributed by atoms with E-state index in [1.54, 1.807) is 7.11 Å². The summed E-state index contributed by atoms with van der Waals surface area (Å²) in [6.45, 7) is 4.37. The number of benzene rings is 1. The highest BCUT2D eigenvalue weighted by molar-refractivity contribution is 6.71. The van der Waals surface area contributed by atoms with Crippen molar-refractivity contribution in [3.63, 3.8) is 0 Å². The van der Waals surface area contributed by atoms with Crippen LogP contribution in [0.5, 0.6) is 0 Å². The molecule has 0 aromatic heterocycles. The third-order valence-electron chi connectivity index (χ3n) is 3.62. The number of aryl methyl sites for hydroxylation is 1. The topological polar surface area (TPSA) is 9.23 Å². The number of hydrogen-bond donors (Lipinski definition) is 0. The molecule has 1 rings (SSSR count). The molecule has 0 aliphatic heterocycles. The van der Waals surface area contributed by atoms with E-state index < -0.39 is 25.8 Å². The molecule has 0 spiro atoms. The summed E-state index contributed by atoms with van der Waals surface area (Å²) in [5.74, 6) is -2.76. The highest BCUT2D eigenvalue weighted by Crippen LogP contribution is 2.18. The lowest BCUT2D eigenvalue weighted by atomic mass is 10.1. The Kier molecular flexibility index (Phi) is 6.75. The summed E-state index contributed by atoms with van der Waals surface area (Å²) in [6, 6.07) is 2.70. The van der Waals surface area contributed by atoms with Crippen molar-refractivity contribution in [1.82, 2.24) is 0 Å². The van der Waals surface area contributed by atoms with Crippen LogP contribution in [0.4, 0.5) is 13.2 Å². The maximum absolute atomic E-state index is 13.4. The van der Waals surface area contributed by atoms with Crippen LogP contribution in [-0.4, -0.2) is 15.4 Å². The summed E-state index contributed by atoms with van der Waals surface area (Å²) in [6.07, 6.45) is 4.37. The van der Waals surface area contributed by atoms with Gasteiger partial charge in [-0.25, -0.2) is 13.2 Å². The largest absolute Gasteiger partial charge is 0.420 e. The zero-order valence-electron chi connectivity index (χ0n) is 12.4. The third-order valence-corrected chi connectivity index (χ3v) is 6.28. The molecule has 0 radical (unpaired) electrons. The molecule has 0 unspecified atom stereocenters. The third kappa shape index (κ3) is 5.67. The molecular weight excluding hydrogens is 281 g/mol. The fourth-order valence-electron chi connectivity index (χ4n) is 2.08. The predicted molar refractivity (Wildman–Crippen MR) is 77.8 cm³/mol. The Morgan fingerprint density at radius 1 is 0.900 bits per heavy atom. The molecule has 1 aromatic carbocycles. The molecule has 0 aliphatic carbocycles. The molecule has 0 N–H and O–H groups in total. The molecule has 0 aliphatic rings. The number of halogens is 3. The Hall–Kier alpha value is -0.813. The normalized spacial score (nSPS) is 11.9. The standard InChI is InChI=1S/C15H23F3OSi/c1-19-20(2,3)9-7-5-4-6-8-12-10-14(17)15(18)11-13(12)16/h10-11H,4-9H2,1-3H3. The van der Waals surface area contributed by atoms with E-state index in [-0.39, 0.29) is 5.56 Å². The molecule has 0 heterocycles. The first-order valence-electron chi connectivity index (χ1n) is 7.04. The van der Waals surface area contributed by atoms with Crippen molar-refractivity contribution in [3.8, 4) is 0 Å². The van der Waals surface area contributed by atoms with Gasteiger partial charge in [0.05, 0.1) is 0 Å². The molecule has 114 valence electrons. The summed E-state index contributed by atoms with van der Waals surface area (Å²) < 4.78 is 44.6. The van der Waals surface area contributed by atoms with Crippen molar-refractivity contribution < 1.29 is 17.6 Å². The molecule has 5 heteroatoms. The van der Waals surface area contributed by atoms with E-state index in [2.05, 4.69) is 13.1 Å². The van der Waals surface area contributed by atoms with Crippen molar-refractivity contribution in [2.75, 3.05) is 7.11 Å². The second-order valence-corrected chi connectivity index (χ2v) is 10.2. The Labute approximate surface area is 120 Å². The van der Waals surface area contributed by atoms with Crippen molar-refractivity contribution >= 4 is 8.32 Å². The van der Waals surface area contributed by atoms with Gasteiger partial charge in [0.25, 0.3) is 0 Å². The van der Waals surface area contributed by atoms with E-state index in [1.165, 1.54) is 0 Å². The zero-order valence-corrected chi connectivity index (χ0v) is 13.4. The molecule has 0 amide bonds. The quantitative estimate of drug-likeness (QED) is 0.370. The first kappa shape index (κ1) is 17.2. The zero-order chi connectivity index (χ0) is 15.2. The smallest absolute Gasteiger partial charge is 0.186 e. The number of rotatable bonds is 8. The van der Waals surface area contributed by atoms with Gasteiger partial charge in [-0.2, -0.15) is 0 Å². The second-order valence-electron chi connectivity index (χ2n) is 5.74. The Morgan fingerprint density at radius 2 is 1.50 bits per heavy atom. The number of hydrogen-bond acceptors (Lipinski definition) is 1. The van der Waals surface area contributed by atoms with Crippen LogP contribution in [0.15, 0.2) is 12.1 Å². The van der Waals surface area contributed by atoms with Crippen LogP contribution >= 0.6 is 0 Å². The Morgan fingerprint density at radius 3 is 2.15 bits per heavy atom. The summed E-state index contributed by atoms with van der Waals surface area (Å²) in [5, 5.41) is 0. The molecule has 1 nitrogen and oxygen atoms in total. The van der Waals surface area contributed by atoms with Crippen molar-refractivity contribution in [2.24, 2.45) is 0 Å². The fourth-order valence-corrected chi connectivity index (χ4v) is 3.38. The van der Waals surface area contributed by atoms with Gasteiger partial charge in [-0.1, -0.05) is 19.3 Å². The van der Waals surface area contributed by atoms with Gasteiger partial charge >= 0.3 is 0 Å². The molecule has 1 aromatic rings. The van der Waals surface area contributed by atoms with Gasteiger partial charge in [-0.05, 0) is 43.6 Å². The van der Waals surface area contributed by atoms with E-state index in [1.807, 2.05) is 0 Å². The molecule has 0 atom stereocenters. The lowest BCUT2D eigenvalue weighted by molar-refractivity contribution is 0.401. The number of unbranched alkanes of at least 4 members (excludes halogenated alkanes) is 3. The SMILES string of the molecule is CO[Si](C)(C)CCCCCCc1cc(F)c(F)cc1F. The summed E-state index contributed by atoms with van der Waals surface area (Å²) in [7, 11) is 0.287. The fraction of sp³-hybridized carbons (Fsp3) is 0.600. The summed E-state index contributed by atoms with van der Waals surface area (Å²) in [5.41, 5.74) is 0.260. The Balaban J connectivity index is 2.27. The molecule has 0 saturated carbocycles. The van der Waals surface area contributed by atoms with E-state index in [0.29, 0.717) is 12.5 Å². The van der Waals surface area contributed by atoms with Crippen LogP contribution in [0.2, 0.25) is 19.1 Å². The van der Waals surface area contributed by atoms with Crippen LogP contribution in [0.1, 0.15) is 31.2 Å². The average Bonchev–Trinajstić information content (AvgIpc) is 2.39. The van der Waals surface area contributed by atoms with Crippen LogP contribution in [0, 0.1) is 17.5 Å². The molecule has 0 bridgehead atoms. The lowest BCUT2D eigenvalue weighted by Gasteiger charge is -2.19. The van der Waals surface area contributed by atoms with E-state index in [9.17, 15) is 13.2 Å². The van der Waals surface area contributed by atoms with Crippen molar-refractivity contribution in [3.05, 3.63) is 35.1 Å². The van der Waals surface area contributed by atoms with Crippen molar-refractivity contribution in [2.45, 2.75) is 51.2 Å². The van der Waals surface area contributed by atoms with Crippen LogP contribution in [0.25, 0.3) is 0 Å². The van der Waals surface area contributed by atoms with E-state index in [0.717, 1.165) is 37.8 Å².